The summed E-state index contributed by atoms with van der Waals surface area (Å²) in [7, 11) is 2.03. The first kappa shape index (κ1) is 14.9. The molecule has 3 heteroatoms. The molecule has 3 rings (SSSR count). The van der Waals surface area contributed by atoms with Crippen molar-refractivity contribution in [2.24, 2.45) is 5.92 Å². The van der Waals surface area contributed by atoms with Crippen LogP contribution in [0, 0.1) is 5.92 Å². The maximum absolute atomic E-state index is 5.48. The Bertz CT molecular complexity index is 455. The van der Waals surface area contributed by atoms with Crippen molar-refractivity contribution in [1.82, 2.24) is 5.32 Å². The molecule has 0 aliphatic carbocycles. The van der Waals surface area contributed by atoms with Gasteiger partial charge in [0.25, 0.3) is 0 Å². The first-order valence-corrected chi connectivity index (χ1v) is 8.46. The topological polar surface area (TPSA) is 24.5 Å². The van der Waals surface area contributed by atoms with Crippen LogP contribution in [-0.2, 0) is 17.6 Å². The van der Waals surface area contributed by atoms with Gasteiger partial charge in [-0.3, -0.25) is 0 Å². The number of fused-ring (bicyclic) bond motifs is 1. The summed E-state index contributed by atoms with van der Waals surface area (Å²) in [4.78, 5) is 2.62. The lowest BCUT2D eigenvalue weighted by molar-refractivity contribution is 0.0683. The van der Waals surface area contributed by atoms with E-state index in [-0.39, 0.29) is 0 Å². The first-order valence-electron chi connectivity index (χ1n) is 8.46. The molecule has 2 heterocycles. The number of nitrogens with zero attached hydrogens (tertiary/aromatic N) is 1. The number of anilines is 1. The molecule has 0 aromatic heterocycles. The molecule has 116 valence electrons. The molecular formula is C18H28N2O. The van der Waals surface area contributed by atoms with Gasteiger partial charge in [-0.25, -0.2) is 0 Å². The van der Waals surface area contributed by atoms with Gasteiger partial charge < -0.3 is 15.0 Å². The van der Waals surface area contributed by atoms with E-state index in [0.717, 1.165) is 25.7 Å². The molecular weight excluding hydrogens is 260 g/mol. The van der Waals surface area contributed by atoms with E-state index in [0.29, 0.717) is 0 Å². The van der Waals surface area contributed by atoms with Crippen LogP contribution >= 0.6 is 0 Å². The lowest BCUT2D eigenvalue weighted by Crippen LogP contribution is -2.31. The van der Waals surface area contributed by atoms with Crippen LogP contribution in [0.4, 0.5) is 5.69 Å². The van der Waals surface area contributed by atoms with Crippen LogP contribution in [0.25, 0.3) is 0 Å². The SMILES string of the molecule is CNCCCc1ccc2c(c1)N(CC1CCOCC1)CC2. The molecule has 2 aliphatic heterocycles. The van der Waals surface area contributed by atoms with E-state index in [4.69, 9.17) is 4.74 Å². The van der Waals surface area contributed by atoms with E-state index in [1.807, 2.05) is 7.05 Å². The zero-order valence-electron chi connectivity index (χ0n) is 13.2. The fourth-order valence-corrected chi connectivity index (χ4v) is 3.55. The van der Waals surface area contributed by atoms with Gasteiger partial charge in [0, 0.05) is 32.0 Å². The van der Waals surface area contributed by atoms with Gasteiger partial charge in [0.05, 0.1) is 0 Å². The van der Waals surface area contributed by atoms with Crippen LogP contribution in [0.2, 0.25) is 0 Å². The molecule has 0 spiro atoms. The molecule has 1 aromatic rings. The summed E-state index contributed by atoms with van der Waals surface area (Å²) >= 11 is 0. The zero-order valence-corrected chi connectivity index (χ0v) is 13.2. The normalized spacial score (nSPS) is 19.0. The van der Waals surface area contributed by atoms with Crippen LogP contribution in [0.3, 0.4) is 0 Å². The summed E-state index contributed by atoms with van der Waals surface area (Å²) in [5.41, 5.74) is 4.53. The van der Waals surface area contributed by atoms with Crippen molar-refractivity contribution in [3.8, 4) is 0 Å². The Balaban J connectivity index is 1.63. The number of benzene rings is 1. The Labute approximate surface area is 128 Å². The number of rotatable bonds is 6. The van der Waals surface area contributed by atoms with Gasteiger partial charge in [-0.2, -0.15) is 0 Å². The third-order valence-electron chi connectivity index (χ3n) is 4.85. The number of ether oxygens (including phenoxy) is 1. The Morgan fingerprint density at radius 3 is 2.95 bits per heavy atom. The molecule has 2 aliphatic rings. The summed E-state index contributed by atoms with van der Waals surface area (Å²) in [5, 5.41) is 3.23. The fourth-order valence-electron chi connectivity index (χ4n) is 3.55. The van der Waals surface area contributed by atoms with Crippen molar-refractivity contribution < 1.29 is 4.74 Å². The Kier molecular flexibility index (Phi) is 5.15. The molecule has 0 unspecified atom stereocenters. The maximum atomic E-state index is 5.48. The van der Waals surface area contributed by atoms with E-state index in [2.05, 4.69) is 28.4 Å². The average Bonchev–Trinajstić information content (AvgIpc) is 2.91. The Morgan fingerprint density at radius 2 is 2.14 bits per heavy atom. The van der Waals surface area contributed by atoms with Crippen LogP contribution < -0.4 is 10.2 Å². The molecule has 1 aromatic carbocycles. The third-order valence-corrected chi connectivity index (χ3v) is 4.85. The minimum Gasteiger partial charge on any atom is -0.381 e. The van der Waals surface area contributed by atoms with Crippen LogP contribution in [-0.4, -0.2) is 39.9 Å². The summed E-state index contributed by atoms with van der Waals surface area (Å²) in [6, 6.07) is 7.12. The monoisotopic (exact) mass is 288 g/mol. The summed E-state index contributed by atoms with van der Waals surface area (Å²) in [6.45, 7) is 5.43. The minimum absolute atomic E-state index is 0.817. The van der Waals surface area contributed by atoms with Crippen LogP contribution in [0.15, 0.2) is 18.2 Å². The number of aryl methyl sites for hydroxylation is 1. The second-order valence-electron chi connectivity index (χ2n) is 6.42. The van der Waals surface area contributed by atoms with Crippen LogP contribution in [0.1, 0.15) is 30.4 Å². The molecule has 1 N–H and O–H groups in total. The van der Waals surface area contributed by atoms with E-state index < -0.39 is 0 Å². The van der Waals surface area contributed by atoms with Gasteiger partial charge in [0.15, 0.2) is 0 Å². The van der Waals surface area contributed by atoms with Crippen molar-refractivity contribution in [2.45, 2.75) is 32.1 Å². The highest BCUT2D eigenvalue weighted by atomic mass is 16.5. The van der Waals surface area contributed by atoms with E-state index >= 15 is 0 Å². The van der Waals surface area contributed by atoms with E-state index in [9.17, 15) is 0 Å². The Hall–Kier alpha value is -1.06. The predicted octanol–water partition coefficient (Wildman–Crippen LogP) is 2.63. The minimum atomic E-state index is 0.817. The zero-order chi connectivity index (χ0) is 14.5. The van der Waals surface area contributed by atoms with Gasteiger partial charge in [-0.15, -0.1) is 0 Å². The molecule has 0 radical (unpaired) electrons. The number of hydrogen-bond donors (Lipinski definition) is 1. The van der Waals surface area contributed by atoms with Gasteiger partial charge in [-0.05, 0) is 68.8 Å². The van der Waals surface area contributed by atoms with Crippen molar-refractivity contribution in [3.63, 3.8) is 0 Å². The molecule has 3 nitrogen and oxygen atoms in total. The van der Waals surface area contributed by atoms with Crippen LogP contribution in [0.5, 0.6) is 0 Å². The predicted molar refractivity (Wildman–Crippen MR) is 88.1 cm³/mol. The fraction of sp³-hybridized carbons (Fsp3) is 0.667. The molecule has 0 saturated carbocycles. The molecule has 21 heavy (non-hydrogen) atoms. The molecule has 1 saturated heterocycles. The highest BCUT2D eigenvalue weighted by molar-refractivity contribution is 5.59. The number of hydrogen-bond acceptors (Lipinski definition) is 3. The summed E-state index contributed by atoms with van der Waals surface area (Å²) in [5.74, 6) is 0.817. The largest absolute Gasteiger partial charge is 0.381 e. The highest BCUT2D eigenvalue weighted by Gasteiger charge is 2.23. The van der Waals surface area contributed by atoms with Crippen molar-refractivity contribution in [3.05, 3.63) is 29.3 Å². The lowest BCUT2D eigenvalue weighted by atomic mass is 9.99. The highest BCUT2D eigenvalue weighted by Crippen LogP contribution is 2.31. The molecule has 0 amide bonds. The molecule has 0 atom stereocenters. The van der Waals surface area contributed by atoms with Crippen molar-refractivity contribution >= 4 is 5.69 Å². The Morgan fingerprint density at radius 1 is 1.29 bits per heavy atom. The standard InChI is InChI=1S/C18H28N2O/c1-19-9-2-3-15-4-5-17-6-10-20(18(17)13-15)14-16-7-11-21-12-8-16/h4-5,13,16,19H,2-3,6-12,14H2,1H3. The summed E-state index contributed by atoms with van der Waals surface area (Å²) in [6.07, 6.45) is 6.07. The first-order chi connectivity index (χ1) is 10.4. The second kappa shape index (κ2) is 7.28. The summed E-state index contributed by atoms with van der Waals surface area (Å²) < 4.78 is 5.48. The quantitative estimate of drug-likeness (QED) is 0.815. The molecule has 0 bridgehead atoms. The number of nitrogens with one attached hydrogen (secondary N) is 1. The van der Waals surface area contributed by atoms with E-state index in [1.165, 1.54) is 56.4 Å². The van der Waals surface area contributed by atoms with Gasteiger partial charge in [-0.1, -0.05) is 12.1 Å². The second-order valence-corrected chi connectivity index (χ2v) is 6.42. The third kappa shape index (κ3) is 3.78. The average molecular weight is 288 g/mol. The van der Waals surface area contributed by atoms with E-state index in [1.54, 1.807) is 5.56 Å². The van der Waals surface area contributed by atoms with Crippen molar-refractivity contribution in [2.75, 3.05) is 44.8 Å². The van der Waals surface area contributed by atoms with Crippen molar-refractivity contribution in [1.29, 1.82) is 0 Å². The maximum Gasteiger partial charge on any atom is 0.0469 e. The van der Waals surface area contributed by atoms with Gasteiger partial charge in [0.1, 0.15) is 0 Å². The van der Waals surface area contributed by atoms with Gasteiger partial charge >= 0.3 is 0 Å². The molecule has 1 fully saturated rings. The smallest absolute Gasteiger partial charge is 0.0469 e. The lowest BCUT2D eigenvalue weighted by Gasteiger charge is -2.28. The van der Waals surface area contributed by atoms with Gasteiger partial charge in [0.2, 0.25) is 0 Å².